The lowest BCUT2D eigenvalue weighted by atomic mass is 10.2. The average molecular weight is 266 g/mol. The first-order chi connectivity index (χ1) is 9.65. The van der Waals surface area contributed by atoms with Gasteiger partial charge < -0.3 is 9.88 Å². The van der Waals surface area contributed by atoms with Crippen molar-refractivity contribution in [1.82, 2.24) is 14.5 Å². The van der Waals surface area contributed by atoms with Gasteiger partial charge in [-0.1, -0.05) is 0 Å². The summed E-state index contributed by atoms with van der Waals surface area (Å²) >= 11 is 0. The third kappa shape index (κ3) is 2.14. The quantitative estimate of drug-likeness (QED) is 0.775. The van der Waals surface area contributed by atoms with Crippen LogP contribution < -0.4 is 5.32 Å². The zero-order chi connectivity index (χ0) is 14.1. The van der Waals surface area contributed by atoms with Crippen LogP contribution in [-0.4, -0.2) is 20.4 Å². The van der Waals surface area contributed by atoms with Gasteiger partial charge in [-0.2, -0.15) is 0 Å². The molecule has 0 fully saturated rings. The van der Waals surface area contributed by atoms with Gasteiger partial charge in [0.05, 0.1) is 11.0 Å². The Morgan fingerprint density at radius 1 is 1.20 bits per heavy atom. The number of anilines is 1. The molecule has 3 rings (SSSR count). The second kappa shape index (κ2) is 4.77. The Morgan fingerprint density at radius 3 is 2.70 bits per heavy atom. The van der Waals surface area contributed by atoms with Gasteiger partial charge >= 0.3 is 0 Å². The molecule has 3 aromatic rings. The third-order valence-electron chi connectivity index (χ3n) is 3.30. The van der Waals surface area contributed by atoms with Crippen LogP contribution in [0.4, 0.5) is 5.69 Å². The van der Waals surface area contributed by atoms with E-state index in [1.807, 2.05) is 36.7 Å². The predicted molar refractivity (Wildman–Crippen MR) is 77.6 cm³/mol. The molecule has 0 radical (unpaired) electrons. The van der Waals surface area contributed by atoms with Crippen molar-refractivity contribution in [2.24, 2.45) is 7.05 Å². The maximum Gasteiger partial charge on any atom is 0.255 e. The zero-order valence-electron chi connectivity index (χ0n) is 11.3. The molecule has 1 aromatic carbocycles. The van der Waals surface area contributed by atoms with Crippen LogP contribution in [-0.2, 0) is 7.05 Å². The Hall–Kier alpha value is -2.69. The van der Waals surface area contributed by atoms with Crippen LogP contribution in [0.5, 0.6) is 0 Å². The van der Waals surface area contributed by atoms with Gasteiger partial charge in [0.15, 0.2) is 0 Å². The number of nitrogens with one attached hydrogen (secondary N) is 1. The van der Waals surface area contributed by atoms with Crippen molar-refractivity contribution >= 4 is 22.6 Å². The maximum absolute atomic E-state index is 12.1. The maximum atomic E-state index is 12.1. The van der Waals surface area contributed by atoms with Crippen LogP contribution in [0.1, 0.15) is 16.2 Å². The molecule has 0 aliphatic carbocycles. The molecule has 0 aliphatic rings. The number of carbonyl (C=O) groups is 1. The number of fused-ring (bicyclic) bond motifs is 1. The molecule has 100 valence electrons. The van der Waals surface area contributed by atoms with Crippen molar-refractivity contribution in [2.75, 3.05) is 5.32 Å². The number of pyridine rings is 1. The number of carbonyl (C=O) groups excluding carboxylic acids is 1. The van der Waals surface area contributed by atoms with E-state index >= 15 is 0 Å². The van der Waals surface area contributed by atoms with E-state index in [0.29, 0.717) is 5.56 Å². The van der Waals surface area contributed by atoms with E-state index < -0.39 is 0 Å². The summed E-state index contributed by atoms with van der Waals surface area (Å²) in [5, 5.41) is 2.86. The van der Waals surface area contributed by atoms with Crippen molar-refractivity contribution in [3.8, 4) is 0 Å². The largest absolute Gasteiger partial charge is 0.331 e. The van der Waals surface area contributed by atoms with E-state index in [4.69, 9.17) is 0 Å². The molecule has 0 unspecified atom stereocenters. The number of aryl methyl sites for hydroxylation is 2. The molecule has 2 heterocycles. The highest BCUT2D eigenvalue weighted by Gasteiger charge is 2.08. The van der Waals surface area contributed by atoms with Gasteiger partial charge in [-0.3, -0.25) is 9.78 Å². The topological polar surface area (TPSA) is 59.8 Å². The van der Waals surface area contributed by atoms with Gasteiger partial charge in [0.1, 0.15) is 5.82 Å². The number of hydrogen-bond acceptors (Lipinski definition) is 3. The van der Waals surface area contributed by atoms with Crippen LogP contribution in [0, 0.1) is 6.92 Å². The van der Waals surface area contributed by atoms with Gasteiger partial charge in [0.25, 0.3) is 5.91 Å². The molecule has 5 nitrogen and oxygen atoms in total. The lowest BCUT2D eigenvalue weighted by molar-refractivity contribution is 0.102. The van der Waals surface area contributed by atoms with Crippen LogP contribution in [0.15, 0.2) is 42.7 Å². The highest BCUT2D eigenvalue weighted by molar-refractivity contribution is 6.04. The molecule has 2 aromatic heterocycles. The van der Waals surface area contributed by atoms with Crippen molar-refractivity contribution in [3.63, 3.8) is 0 Å². The first-order valence-corrected chi connectivity index (χ1v) is 6.29. The minimum Gasteiger partial charge on any atom is -0.331 e. The number of aromatic nitrogens is 3. The minimum atomic E-state index is -0.153. The fraction of sp³-hybridized carbons (Fsp3) is 0.133. The first kappa shape index (κ1) is 12.3. The van der Waals surface area contributed by atoms with Crippen LogP contribution in [0.3, 0.4) is 0 Å². The molecule has 1 amide bonds. The summed E-state index contributed by atoms with van der Waals surface area (Å²) in [6.07, 6.45) is 3.19. The van der Waals surface area contributed by atoms with Gasteiger partial charge in [-0.15, -0.1) is 0 Å². The SMILES string of the molecule is Cc1nc2cc(NC(=O)c3ccncc3)ccc2n1C. The lowest BCUT2D eigenvalue weighted by Crippen LogP contribution is -2.11. The molecular weight excluding hydrogens is 252 g/mol. The van der Waals surface area contributed by atoms with E-state index in [-0.39, 0.29) is 5.91 Å². The van der Waals surface area contributed by atoms with Crippen molar-refractivity contribution in [2.45, 2.75) is 6.92 Å². The second-order valence-electron chi connectivity index (χ2n) is 4.61. The van der Waals surface area contributed by atoms with Gasteiger partial charge in [0, 0.05) is 30.7 Å². The predicted octanol–water partition coefficient (Wildman–Crippen LogP) is 2.53. The summed E-state index contributed by atoms with van der Waals surface area (Å²) in [6, 6.07) is 9.07. The Bertz CT molecular complexity index is 777. The molecule has 1 N–H and O–H groups in total. The van der Waals surface area contributed by atoms with Crippen LogP contribution in [0.25, 0.3) is 11.0 Å². The average Bonchev–Trinajstić information content (AvgIpc) is 2.74. The Kier molecular flexibility index (Phi) is 2.95. The molecule has 5 heteroatoms. The molecule has 0 spiro atoms. The fourth-order valence-corrected chi connectivity index (χ4v) is 2.10. The number of amides is 1. The van der Waals surface area contributed by atoms with Crippen molar-refractivity contribution in [1.29, 1.82) is 0 Å². The van der Waals surface area contributed by atoms with Gasteiger partial charge in [0.2, 0.25) is 0 Å². The fourth-order valence-electron chi connectivity index (χ4n) is 2.10. The number of hydrogen-bond donors (Lipinski definition) is 1. The van der Waals surface area contributed by atoms with E-state index in [2.05, 4.69) is 15.3 Å². The minimum absolute atomic E-state index is 0.153. The monoisotopic (exact) mass is 266 g/mol. The molecule has 0 saturated heterocycles. The summed E-state index contributed by atoms with van der Waals surface area (Å²) < 4.78 is 2.02. The van der Waals surface area contributed by atoms with Crippen molar-refractivity contribution in [3.05, 3.63) is 54.1 Å². The Balaban J connectivity index is 1.90. The molecule has 0 atom stereocenters. The molecule has 0 bridgehead atoms. The third-order valence-corrected chi connectivity index (χ3v) is 3.30. The van der Waals surface area contributed by atoms with Crippen LogP contribution in [0.2, 0.25) is 0 Å². The number of imidazole rings is 1. The van der Waals surface area contributed by atoms with Gasteiger partial charge in [-0.05, 0) is 37.3 Å². The van der Waals surface area contributed by atoms with Crippen LogP contribution >= 0.6 is 0 Å². The summed E-state index contributed by atoms with van der Waals surface area (Å²) in [6.45, 7) is 1.95. The summed E-state index contributed by atoms with van der Waals surface area (Å²) in [4.78, 5) is 20.4. The standard InChI is InChI=1S/C15H14N4O/c1-10-17-13-9-12(3-4-14(13)19(10)2)18-15(20)11-5-7-16-8-6-11/h3-9H,1-2H3,(H,18,20). The molecule has 20 heavy (non-hydrogen) atoms. The highest BCUT2D eigenvalue weighted by Crippen LogP contribution is 2.19. The van der Waals surface area contributed by atoms with E-state index in [0.717, 1.165) is 22.5 Å². The summed E-state index contributed by atoms with van der Waals surface area (Å²) in [5.41, 5.74) is 3.23. The van der Waals surface area contributed by atoms with Gasteiger partial charge in [-0.25, -0.2) is 4.98 Å². The smallest absolute Gasteiger partial charge is 0.255 e. The molecule has 0 aliphatic heterocycles. The van der Waals surface area contributed by atoms with Crippen molar-refractivity contribution < 1.29 is 4.79 Å². The molecular formula is C15H14N4O. The lowest BCUT2D eigenvalue weighted by Gasteiger charge is -2.05. The molecule has 0 saturated carbocycles. The summed E-state index contributed by atoms with van der Waals surface area (Å²) in [5.74, 6) is 0.789. The zero-order valence-corrected chi connectivity index (χ0v) is 11.3. The first-order valence-electron chi connectivity index (χ1n) is 6.29. The number of nitrogens with zero attached hydrogens (tertiary/aromatic N) is 3. The number of benzene rings is 1. The highest BCUT2D eigenvalue weighted by atomic mass is 16.1. The van der Waals surface area contributed by atoms with E-state index in [1.54, 1.807) is 24.5 Å². The van der Waals surface area contributed by atoms with E-state index in [1.165, 1.54) is 0 Å². The summed E-state index contributed by atoms with van der Waals surface area (Å²) in [7, 11) is 1.97. The normalized spacial score (nSPS) is 10.7. The van der Waals surface area contributed by atoms with E-state index in [9.17, 15) is 4.79 Å². The number of rotatable bonds is 2. The Labute approximate surface area is 116 Å². The second-order valence-corrected chi connectivity index (χ2v) is 4.61. The Morgan fingerprint density at radius 2 is 1.95 bits per heavy atom.